The fourth-order valence-corrected chi connectivity index (χ4v) is 1.45. The quantitative estimate of drug-likeness (QED) is 0.627. The van der Waals surface area contributed by atoms with Gasteiger partial charge in [-0.2, -0.15) is 0 Å². The summed E-state index contributed by atoms with van der Waals surface area (Å²) in [5.41, 5.74) is 0. The predicted molar refractivity (Wildman–Crippen MR) is 62.2 cm³/mol. The maximum absolute atomic E-state index is 11.2. The smallest absolute Gasteiger partial charge is 0.312 e. The molecular formula is C11H22N2O3. The van der Waals surface area contributed by atoms with E-state index >= 15 is 0 Å². The Morgan fingerprint density at radius 1 is 1.31 bits per heavy atom. The van der Waals surface area contributed by atoms with E-state index in [1.54, 1.807) is 0 Å². The number of nitrogens with zero attached hydrogens (tertiary/aromatic N) is 1. The molecule has 0 saturated carbocycles. The highest BCUT2D eigenvalue weighted by Gasteiger charge is 2.15. The fourth-order valence-electron chi connectivity index (χ4n) is 1.45. The van der Waals surface area contributed by atoms with Crippen molar-refractivity contribution < 1.29 is 14.7 Å². The lowest BCUT2D eigenvalue weighted by atomic mass is 10.0. The van der Waals surface area contributed by atoms with Crippen LogP contribution in [-0.2, 0) is 9.59 Å². The van der Waals surface area contributed by atoms with Gasteiger partial charge in [0.15, 0.2) is 0 Å². The van der Waals surface area contributed by atoms with Crippen LogP contribution in [0.3, 0.4) is 0 Å². The molecule has 0 aliphatic rings. The minimum Gasteiger partial charge on any atom is -0.481 e. The highest BCUT2D eigenvalue weighted by Crippen LogP contribution is 2.08. The van der Waals surface area contributed by atoms with Gasteiger partial charge in [0.25, 0.3) is 0 Å². The number of nitrogens with one attached hydrogen (secondary N) is 1. The van der Waals surface area contributed by atoms with Gasteiger partial charge in [0.2, 0.25) is 5.91 Å². The molecule has 0 rings (SSSR count). The SMILES string of the molecule is CC(C)CC(CNC(=O)CC(=O)O)N(C)C. The molecule has 0 aromatic heterocycles. The number of hydrogen-bond donors (Lipinski definition) is 2. The molecule has 0 aliphatic carbocycles. The van der Waals surface area contributed by atoms with Crippen LogP contribution in [0.2, 0.25) is 0 Å². The molecule has 0 bridgehead atoms. The van der Waals surface area contributed by atoms with Crippen LogP contribution in [-0.4, -0.2) is 48.6 Å². The average molecular weight is 230 g/mol. The van der Waals surface area contributed by atoms with Crippen LogP contribution in [0.4, 0.5) is 0 Å². The third-order valence-corrected chi connectivity index (χ3v) is 2.32. The molecule has 0 fully saturated rings. The van der Waals surface area contributed by atoms with Gasteiger partial charge in [-0.15, -0.1) is 0 Å². The molecule has 0 heterocycles. The topological polar surface area (TPSA) is 69.6 Å². The number of carbonyl (C=O) groups excluding carboxylic acids is 1. The molecule has 5 nitrogen and oxygen atoms in total. The molecule has 1 amide bonds. The lowest BCUT2D eigenvalue weighted by Crippen LogP contribution is -2.41. The first-order valence-electron chi connectivity index (χ1n) is 5.47. The number of likely N-dealkylation sites (N-methyl/N-ethyl adjacent to an activating group) is 1. The highest BCUT2D eigenvalue weighted by molar-refractivity contribution is 5.93. The minimum atomic E-state index is -1.09. The number of amides is 1. The Bertz CT molecular complexity index is 239. The second-order valence-electron chi connectivity index (χ2n) is 4.62. The Hall–Kier alpha value is -1.10. The Labute approximate surface area is 96.8 Å². The predicted octanol–water partition coefficient (Wildman–Crippen LogP) is 0.554. The van der Waals surface area contributed by atoms with Gasteiger partial charge >= 0.3 is 5.97 Å². The zero-order chi connectivity index (χ0) is 12.7. The number of carboxylic acids is 1. The van der Waals surface area contributed by atoms with Crippen molar-refractivity contribution >= 4 is 11.9 Å². The van der Waals surface area contributed by atoms with Gasteiger partial charge in [-0.1, -0.05) is 13.8 Å². The van der Waals surface area contributed by atoms with Gasteiger partial charge in [-0.3, -0.25) is 9.59 Å². The standard InChI is InChI=1S/C11H22N2O3/c1-8(2)5-9(13(3)4)7-12-10(14)6-11(15)16/h8-9H,5-7H2,1-4H3,(H,12,14)(H,15,16). The molecule has 0 radical (unpaired) electrons. The maximum atomic E-state index is 11.2. The first-order chi connectivity index (χ1) is 7.32. The van der Waals surface area contributed by atoms with Crippen molar-refractivity contribution in [2.45, 2.75) is 32.7 Å². The van der Waals surface area contributed by atoms with E-state index in [-0.39, 0.29) is 6.04 Å². The summed E-state index contributed by atoms with van der Waals surface area (Å²) in [6.45, 7) is 4.74. The molecule has 1 unspecified atom stereocenters. The van der Waals surface area contributed by atoms with Gasteiger partial charge in [0.05, 0.1) is 0 Å². The zero-order valence-electron chi connectivity index (χ0n) is 10.5. The number of carboxylic acid groups (broad SMARTS) is 1. The molecule has 1 atom stereocenters. The van der Waals surface area contributed by atoms with E-state index < -0.39 is 18.3 Å². The van der Waals surface area contributed by atoms with E-state index in [0.29, 0.717) is 12.5 Å². The first kappa shape index (κ1) is 14.9. The molecule has 5 heteroatoms. The van der Waals surface area contributed by atoms with Crippen LogP contribution in [0, 0.1) is 5.92 Å². The molecule has 0 aliphatic heterocycles. The number of hydrogen-bond acceptors (Lipinski definition) is 3. The van der Waals surface area contributed by atoms with Crippen molar-refractivity contribution in [3.05, 3.63) is 0 Å². The normalized spacial score (nSPS) is 12.9. The first-order valence-corrected chi connectivity index (χ1v) is 5.47. The van der Waals surface area contributed by atoms with E-state index in [0.717, 1.165) is 6.42 Å². The van der Waals surface area contributed by atoms with Crippen molar-refractivity contribution in [3.63, 3.8) is 0 Å². The van der Waals surface area contributed by atoms with Crippen molar-refractivity contribution in [2.24, 2.45) is 5.92 Å². The van der Waals surface area contributed by atoms with E-state index in [9.17, 15) is 9.59 Å². The van der Waals surface area contributed by atoms with Gasteiger partial charge < -0.3 is 15.3 Å². The summed E-state index contributed by atoms with van der Waals surface area (Å²) >= 11 is 0. The lowest BCUT2D eigenvalue weighted by molar-refractivity contribution is -0.140. The average Bonchev–Trinajstić information content (AvgIpc) is 2.09. The lowest BCUT2D eigenvalue weighted by Gasteiger charge is -2.26. The summed E-state index contributed by atoms with van der Waals surface area (Å²) in [7, 11) is 3.91. The van der Waals surface area contributed by atoms with Crippen molar-refractivity contribution in [1.29, 1.82) is 0 Å². The summed E-state index contributed by atoms with van der Waals surface area (Å²) in [6, 6.07) is 0.248. The summed E-state index contributed by atoms with van der Waals surface area (Å²) in [5.74, 6) is -0.977. The number of rotatable bonds is 7. The molecule has 16 heavy (non-hydrogen) atoms. The monoisotopic (exact) mass is 230 g/mol. The van der Waals surface area contributed by atoms with Crippen molar-refractivity contribution in [3.8, 4) is 0 Å². The van der Waals surface area contributed by atoms with Crippen LogP contribution in [0.5, 0.6) is 0 Å². The third kappa shape index (κ3) is 7.23. The highest BCUT2D eigenvalue weighted by atomic mass is 16.4. The van der Waals surface area contributed by atoms with E-state index in [4.69, 9.17) is 5.11 Å². The zero-order valence-corrected chi connectivity index (χ0v) is 10.5. The summed E-state index contributed by atoms with van der Waals surface area (Å²) in [5, 5.41) is 11.1. The van der Waals surface area contributed by atoms with Crippen LogP contribution in [0.1, 0.15) is 26.7 Å². The van der Waals surface area contributed by atoms with Crippen LogP contribution in [0.25, 0.3) is 0 Å². The maximum Gasteiger partial charge on any atom is 0.312 e. The molecule has 0 aromatic rings. The Morgan fingerprint density at radius 3 is 2.25 bits per heavy atom. The summed E-state index contributed by atoms with van der Waals surface area (Å²) < 4.78 is 0. The van der Waals surface area contributed by atoms with E-state index in [1.807, 2.05) is 19.0 Å². The molecular weight excluding hydrogens is 208 g/mol. The van der Waals surface area contributed by atoms with E-state index in [1.165, 1.54) is 0 Å². The Balaban J connectivity index is 4.01. The van der Waals surface area contributed by atoms with Gasteiger partial charge in [-0.05, 0) is 26.4 Å². The van der Waals surface area contributed by atoms with Crippen molar-refractivity contribution in [1.82, 2.24) is 10.2 Å². The largest absolute Gasteiger partial charge is 0.481 e. The molecule has 94 valence electrons. The minimum absolute atomic E-state index is 0.248. The number of carbonyl (C=O) groups is 2. The van der Waals surface area contributed by atoms with Gasteiger partial charge in [0.1, 0.15) is 6.42 Å². The second kappa shape index (κ2) is 7.22. The Kier molecular flexibility index (Phi) is 6.72. The molecule has 0 spiro atoms. The fraction of sp³-hybridized carbons (Fsp3) is 0.818. The van der Waals surface area contributed by atoms with Crippen LogP contribution < -0.4 is 5.32 Å². The van der Waals surface area contributed by atoms with Gasteiger partial charge in [0, 0.05) is 12.6 Å². The van der Waals surface area contributed by atoms with Gasteiger partial charge in [-0.25, -0.2) is 0 Å². The molecule has 0 aromatic carbocycles. The Morgan fingerprint density at radius 2 is 1.88 bits per heavy atom. The second-order valence-corrected chi connectivity index (χ2v) is 4.62. The molecule has 2 N–H and O–H groups in total. The summed E-state index contributed by atoms with van der Waals surface area (Å²) in [6.07, 6.45) is 0.516. The number of aliphatic carboxylic acids is 1. The molecule has 0 saturated heterocycles. The van der Waals surface area contributed by atoms with Crippen molar-refractivity contribution in [2.75, 3.05) is 20.6 Å². The third-order valence-electron chi connectivity index (χ3n) is 2.32. The van der Waals surface area contributed by atoms with Crippen LogP contribution >= 0.6 is 0 Å². The summed E-state index contributed by atoms with van der Waals surface area (Å²) in [4.78, 5) is 23.5. The van der Waals surface area contributed by atoms with E-state index in [2.05, 4.69) is 19.2 Å². The van der Waals surface area contributed by atoms with Crippen LogP contribution in [0.15, 0.2) is 0 Å².